The lowest BCUT2D eigenvalue weighted by atomic mass is 10.0. The van der Waals surface area contributed by atoms with Crippen LogP contribution in [0.5, 0.6) is 5.75 Å². The second-order valence-corrected chi connectivity index (χ2v) is 8.00. The van der Waals surface area contributed by atoms with E-state index >= 15 is 0 Å². The highest BCUT2D eigenvalue weighted by Crippen LogP contribution is 2.32. The summed E-state index contributed by atoms with van der Waals surface area (Å²) in [5.41, 5.74) is 0.518. The summed E-state index contributed by atoms with van der Waals surface area (Å²) in [7, 11) is -3.06. The number of rotatable bonds is 2. The van der Waals surface area contributed by atoms with Gasteiger partial charge in [-0.05, 0) is 25.5 Å². The fraction of sp³-hybridized carbons (Fsp3) is 0.500. The van der Waals surface area contributed by atoms with E-state index in [0.29, 0.717) is 30.9 Å². The number of carbonyl (C=O) groups is 1. The van der Waals surface area contributed by atoms with Crippen LogP contribution in [0.3, 0.4) is 0 Å². The molecule has 1 unspecified atom stereocenters. The van der Waals surface area contributed by atoms with Crippen LogP contribution in [-0.2, 0) is 9.84 Å². The molecule has 1 aromatic carbocycles. The third kappa shape index (κ3) is 2.83. The van der Waals surface area contributed by atoms with Crippen LogP contribution in [0.2, 0.25) is 0 Å². The van der Waals surface area contributed by atoms with Crippen LogP contribution >= 0.6 is 0 Å². The summed E-state index contributed by atoms with van der Waals surface area (Å²) in [5.74, 6) is 0.343. The number of para-hydroxylation sites is 1. The average Bonchev–Trinajstić information content (AvgIpc) is 2.71. The summed E-state index contributed by atoms with van der Waals surface area (Å²) in [5, 5.41) is 6.02. The fourth-order valence-electron chi connectivity index (χ4n) is 2.80. The highest BCUT2D eigenvalue weighted by Gasteiger charge is 2.40. The number of benzene rings is 1. The number of fused-ring (bicyclic) bond motifs is 1. The molecule has 6 nitrogen and oxygen atoms in total. The molecule has 0 saturated carbocycles. The Morgan fingerprint density at radius 1 is 1.43 bits per heavy atom. The maximum absolute atomic E-state index is 12.5. The third-order valence-corrected chi connectivity index (χ3v) is 5.75. The molecule has 2 aliphatic rings. The first kappa shape index (κ1) is 14.2. The Morgan fingerprint density at radius 2 is 2.24 bits per heavy atom. The van der Waals surface area contributed by atoms with E-state index in [1.54, 1.807) is 19.1 Å². The number of amides is 1. The first-order chi connectivity index (χ1) is 9.89. The minimum absolute atomic E-state index is 0.0140. The van der Waals surface area contributed by atoms with Crippen molar-refractivity contribution < 1.29 is 17.9 Å². The minimum atomic E-state index is -3.06. The Bertz CT molecular complexity index is 686. The lowest BCUT2D eigenvalue weighted by Crippen LogP contribution is -2.47. The molecule has 2 N–H and O–H groups in total. The molecule has 0 bridgehead atoms. The quantitative estimate of drug-likeness (QED) is 0.844. The van der Waals surface area contributed by atoms with Gasteiger partial charge in [0.2, 0.25) is 0 Å². The number of hydrogen-bond donors (Lipinski definition) is 2. The summed E-state index contributed by atoms with van der Waals surface area (Å²) in [6.07, 6.45) is 0.440. The van der Waals surface area contributed by atoms with Crippen LogP contribution in [0, 0.1) is 0 Å². The largest absolute Gasteiger partial charge is 0.489 e. The molecular weight excluding hydrogens is 292 g/mol. The molecule has 3 rings (SSSR count). The van der Waals surface area contributed by atoms with Gasteiger partial charge in [0.15, 0.2) is 15.6 Å². The summed E-state index contributed by atoms with van der Waals surface area (Å²) in [6, 6.07) is 5.32. The molecule has 7 heteroatoms. The Labute approximate surface area is 123 Å². The zero-order valence-electron chi connectivity index (χ0n) is 11.8. The molecule has 0 spiro atoms. The number of anilines is 1. The minimum Gasteiger partial charge on any atom is -0.489 e. The van der Waals surface area contributed by atoms with Crippen LogP contribution in [-0.4, -0.2) is 44.5 Å². The van der Waals surface area contributed by atoms with Gasteiger partial charge in [-0.3, -0.25) is 4.79 Å². The van der Waals surface area contributed by atoms with Gasteiger partial charge in [0, 0.05) is 6.54 Å². The summed E-state index contributed by atoms with van der Waals surface area (Å²) >= 11 is 0. The van der Waals surface area contributed by atoms with Crippen LogP contribution in [0.1, 0.15) is 23.7 Å². The van der Waals surface area contributed by atoms with Gasteiger partial charge in [-0.1, -0.05) is 6.07 Å². The van der Waals surface area contributed by atoms with Crippen molar-refractivity contribution in [2.45, 2.75) is 18.9 Å². The topological polar surface area (TPSA) is 84.5 Å². The molecule has 21 heavy (non-hydrogen) atoms. The predicted molar refractivity (Wildman–Crippen MR) is 79.6 cm³/mol. The Morgan fingerprint density at radius 3 is 2.95 bits per heavy atom. The molecule has 2 aliphatic heterocycles. The summed E-state index contributed by atoms with van der Waals surface area (Å²) in [4.78, 5) is 12.5. The van der Waals surface area contributed by atoms with Crippen molar-refractivity contribution in [3.05, 3.63) is 23.8 Å². The molecule has 1 aromatic rings. The van der Waals surface area contributed by atoms with E-state index in [0.717, 1.165) is 5.69 Å². The van der Waals surface area contributed by atoms with Gasteiger partial charge in [-0.15, -0.1) is 0 Å². The Kier molecular flexibility index (Phi) is 3.32. The van der Waals surface area contributed by atoms with Crippen LogP contribution in [0.15, 0.2) is 18.2 Å². The summed E-state index contributed by atoms with van der Waals surface area (Å²) in [6.45, 7) is 2.97. The molecule has 0 aromatic heterocycles. The first-order valence-corrected chi connectivity index (χ1v) is 8.73. The molecule has 0 radical (unpaired) electrons. The SMILES string of the molecule is CC1(NC(=O)c2cccc3c2OCCN3)CCS(=O)(=O)C1. The van der Waals surface area contributed by atoms with E-state index < -0.39 is 15.4 Å². The molecule has 0 aliphatic carbocycles. The van der Waals surface area contributed by atoms with E-state index in [1.165, 1.54) is 0 Å². The van der Waals surface area contributed by atoms with Crippen LogP contribution in [0.4, 0.5) is 5.69 Å². The number of carbonyl (C=O) groups excluding carboxylic acids is 1. The number of ether oxygens (including phenoxy) is 1. The highest BCUT2D eigenvalue weighted by atomic mass is 32.2. The monoisotopic (exact) mass is 310 g/mol. The van der Waals surface area contributed by atoms with Crippen molar-refractivity contribution in [2.24, 2.45) is 0 Å². The van der Waals surface area contributed by atoms with Crippen molar-refractivity contribution >= 4 is 21.4 Å². The van der Waals surface area contributed by atoms with Crippen molar-refractivity contribution in [3.63, 3.8) is 0 Å². The van der Waals surface area contributed by atoms with Gasteiger partial charge in [-0.25, -0.2) is 8.42 Å². The molecule has 1 saturated heterocycles. The zero-order valence-corrected chi connectivity index (χ0v) is 12.6. The lowest BCUT2D eigenvalue weighted by Gasteiger charge is -2.26. The van der Waals surface area contributed by atoms with Gasteiger partial charge < -0.3 is 15.4 Å². The molecule has 114 valence electrons. The maximum Gasteiger partial charge on any atom is 0.255 e. The highest BCUT2D eigenvalue weighted by molar-refractivity contribution is 7.91. The van der Waals surface area contributed by atoms with E-state index in [2.05, 4.69) is 10.6 Å². The molecular formula is C14H18N2O4S. The lowest BCUT2D eigenvalue weighted by molar-refractivity contribution is 0.0911. The average molecular weight is 310 g/mol. The van der Waals surface area contributed by atoms with Gasteiger partial charge >= 0.3 is 0 Å². The third-order valence-electron chi connectivity index (χ3n) is 3.84. The molecule has 1 atom stereocenters. The van der Waals surface area contributed by atoms with Gasteiger partial charge in [0.05, 0.1) is 28.3 Å². The number of sulfone groups is 1. The van der Waals surface area contributed by atoms with Gasteiger partial charge in [-0.2, -0.15) is 0 Å². The predicted octanol–water partition coefficient (Wildman–Crippen LogP) is 0.798. The van der Waals surface area contributed by atoms with E-state index in [9.17, 15) is 13.2 Å². The van der Waals surface area contributed by atoms with Crippen molar-refractivity contribution in [2.75, 3.05) is 30.0 Å². The maximum atomic E-state index is 12.5. The Hall–Kier alpha value is -1.76. The van der Waals surface area contributed by atoms with E-state index in [4.69, 9.17) is 4.74 Å². The van der Waals surface area contributed by atoms with Crippen LogP contribution < -0.4 is 15.4 Å². The fourth-order valence-corrected chi connectivity index (χ4v) is 4.89. The molecule has 1 fully saturated rings. The summed E-state index contributed by atoms with van der Waals surface area (Å²) < 4.78 is 28.8. The molecule has 2 heterocycles. The normalized spacial score (nSPS) is 26.3. The van der Waals surface area contributed by atoms with Crippen molar-refractivity contribution in [3.8, 4) is 5.75 Å². The van der Waals surface area contributed by atoms with Gasteiger partial charge in [0.25, 0.3) is 5.91 Å². The van der Waals surface area contributed by atoms with Crippen LogP contribution in [0.25, 0.3) is 0 Å². The zero-order chi connectivity index (χ0) is 15.1. The molecule has 1 amide bonds. The Balaban J connectivity index is 1.84. The second-order valence-electron chi connectivity index (χ2n) is 5.81. The van der Waals surface area contributed by atoms with E-state index in [-0.39, 0.29) is 17.4 Å². The number of hydrogen-bond acceptors (Lipinski definition) is 5. The van der Waals surface area contributed by atoms with E-state index in [1.807, 2.05) is 6.07 Å². The van der Waals surface area contributed by atoms with Crippen molar-refractivity contribution in [1.29, 1.82) is 0 Å². The second kappa shape index (κ2) is 4.91. The smallest absolute Gasteiger partial charge is 0.255 e. The van der Waals surface area contributed by atoms with Gasteiger partial charge in [0.1, 0.15) is 6.61 Å². The first-order valence-electron chi connectivity index (χ1n) is 6.91. The van der Waals surface area contributed by atoms with Crippen molar-refractivity contribution in [1.82, 2.24) is 5.32 Å². The standard InChI is InChI=1S/C14H18N2O4S/c1-14(5-8-21(18,19)9-14)16-13(17)10-3-2-4-11-12(10)20-7-6-15-11/h2-4,15H,5-9H2,1H3,(H,16,17). The number of nitrogens with one attached hydrogen (secondary N) is 2.